The van der Waals surface area contributed by atoms with Gasteiger partial charge in [0.25, 0.3) is 0 Å². The minimum atomic E-state index is -0.699. The molecule has 1 rings (SSSR count). The lowest BCUT2D eigenvalue weighted by atomic mass is 10.2. The quantitative estimate of drug-likeness (QED) is 0.775. The molecule has 0 aromatic heterocycles. The lowest BCUT2D eigenvalue weighted by Crippen LogP contribution is -2.16. The molecule has 0 heterocycles. The third-order valence-corrected chi connectivity index (χ3v) is 2.29. The predicted molar refractivity (Wildman–Crippen MR) is 62.9 cm³/mol. The maximum atomic E-state index is 13.5. The second kappa shape index (κ2) is 6.51. The summed E-state index contributed by atoms with van der Waals surface area (Å²) in [4.78, 5) is 1.98. The second-order valence-electron chi connectivity index (χ2n) is 4.10. The SMILES string of the molecule is CN(C)CCCOc1c(F)cc(CN)cc1F. The van der Waals surface area contributed by atoms with E-state index >= 15 is 0 Å². The first-order valence-electron chi connectivity index (χ1n) is 5.50. The van der Waals surface area contributed by atoms with Gasteiger partial charge in [-0.25, -0.2) is 8.78 Å². The van der Waals surface area contributed by atoms with Gasteiger partial charge in [0.15, 0.2) is 17.4 Å². The van der Waals surface area contributed by atoms with Gasteiger partial charge in [0.2, 0.25) is 0 Å². The Kier molecular flexibility index (Phi) is 5.31. The number of benzene rings is 1. The normalized spacial score (nSPS) is 10.9. The molecule has 17 heavy (non-hydrogen) atoms. The standard InChI is InChI=1S/C12H18F2N2O/c1-16(2)4-3-5-17-12-10(13)6-9(8-15)7-11(12)14/h6-7H,3-5,8,15H2,1-2H3. The van der Waals surface area contributed by atoms with E-state index < -0.39 is 11.6 Å². The molecule has 0 bridgehead atoms. The Morgan fingerprint density at radius 2 is 1.82 bits per heavy atom. The first-order valence-corrected chi connectivity index (χ1v) is 5.50. The summed E-state index contributed by atoms with van der Waals surface area (Å²) in [7, 11) is 3.86. The van der Waals surface area contributed by atoms with E-state index in [0.717, 1.165) is 6.54 Å². The van der Waals surface area contributed by atoms with Crippen molar-refractivity contribution in [3.8, 4) is 5.75 Å². The molecule has 5 heteroatoms. The van der Waals surface area contributed by atoms with Crippen molar-refractivity contribution >= 4 is 0 Å². The highest BCUT2D eigenvalue weighted by atomic mass is 19.1. The average molecular weight is 244 g/mol. The fraction of sp³-hybridized carbons (Fsp3) is 0.500. The van der Waals surface area contributed by atoms with Crippen molar-refractivity contribution in [2.45, 2.75) is 13.0 Å². The summed E-state index contributed by atoms with van der Waals surface area (Å²) in [5.74, 6) is -1.72. The highest BCUT2D eigenvalue weighted by Crippen LogP contribution is 2.23. The van der Waals surface area contributed by atoms with E-state index in [4.69, 9.17) is 10.5 Å². The smallest absolute Gasteiger partial charge is 0.190 e. The van der Waals surface area contributed by atoms with E-state index in [2.05, 4.69) is 0 Å². The molecule has 0 aliphatic carbocycles. The molecule has 0 amide bonds. The summed E-state index contributed by atoms with van der Waals surface area (Å²) < 4.78 is 32.0. The highest BCUT2D eigenvalue weighted by Gasteiger charge is 2.11. The van der Waals surface area contributed by atoms with Gasteiger partial charge in [-0.1, -0.05) is 0 Å². The Morgan fingerprint density at radius 1 is 1.24 bits per heavy atom. The van der Waals surface area contributed by atoms with Crippen LogP contribution in [0.1, 0.15) is 12.0 Å². The third kappa shape index (κ3) is 4.28. The van der Waals surface area contributed by atoms with Crippen molar-refractivity contribution in [2.24, 2.45) is 5.73 Å². The van der Waals surface area contributed by atoms with Gasteiger partial charge in [0.05, 0.1) is 6.61 Å². The molecule has 0 saturated carbocycles. The van der Waals surface area contributed by atoms with Gasteiger partial charge in [-0.2, -0.15) is 0 Å². The molecule has 1 aromatic carbocycles. The van der Waals surface area contributed by atoms with Crippen molar-refractivity contribution in [3.63, 3.8) is 0 Å². The Morgan fingerprint density at radius 3 is 2.29 bits per heavy atom. The minimum absolute atomic E-state index is 0.106. The third-order valence-electron chi connectivity index (χ3n) is 2.29. The van der Waals surface area contributed by atoms with Crippen LogP contribution in [-0.2, 0) is 6.54 Å². The molecule has 0 saturated heterocycles. The molecule has 0 spiro atoms. The topological polar surface area (TPSA) is 38.5 Å². The molecule has 96 valence electrons. The molecular formula is C12H18F2N2O. The zero-order valence-corrected chi connectivity index (χ0v) is 10.2. The molecule has 0 atom stereocenters. The molecule has 0 aliphatic heterocycles. The first kappa shape index (κ1) is 13.9. The maximum Gasteiger partial charge on any atom is 0.190 e. The van der Waals surface area contributed by atoms with Crippen LogP contribution in [0.3, 0.4) is 0 Å². The summed E-state index contributed by atoms with van der Waals surface area (Å²) in [5, 5.41) is 0. The minimum Gasteiger partial charge on any atom is -0.488 e. The second-order valence-corrected chi connectivity index (χ2v) is 4.10. The van der Waals surface area contributed by atoms with Gasteiger partial charge in [0, 0.05) is 13.1 Å². The van der Waals surface area contributed by atoms with Gasteiger partial charge in [-0.3, -0.25) is 0 Å². The monoisotopic (exact) mass is 244 g/mol. The largest absolute Gasteiger partial charge is 0.488 e. The molecule has 1 aromatic rings. The number of ether oxygens (including phenoxy) is 1. The molecule has 0 aliphatic rings. The van der Waals surface area contributed by atoms with Crippen molar-refractivity contribution < 1.29 is 13.5 Å². The van der Waals surface area contributed by atoms with Crippen molar-refractivity contribution in [3.05, 3.63) is 29.3 Å². The van der Waals surface area contributed by atoms with Crippen molar-refractivity contribution in [1.82, 2.24) is 4.90 Å². The van der Waals surface area contributed by atoms with Crippen LogP contribution in [0, 0.1) is 11.6 Å². The zero-order valence-electron chi connectivity index (χ0n) is 10.2. The molecule has 3 nitrogen and oxygen atoms in total. The highest BCUT2D eigenvalue weighted by molar-refractivity contribution is 5.31. The molecule has 0 fully saturated rings. The van der Waals surface area contributed by atoms with Crippen LogP contribution in [0.25, 0.3) is 0 Å². The fourth-order valence-electron chi connectivity index (χ4n) is 1.42. The van der Waals surface area contributed by atoms with E-state index in [1.165, 1.54) is 12.1 Å². The van der Waals surface area contributed by atoms with Gasteiger partial charge in [-0.15, -0.1) is 0 Å². The fourth-order valence-corrected chi connectivity index (χ4v) is 1.42. The van der Waals surface area contributed by atoms with Crippen LogP contribution in [0.5, 0.6) is 5.75 Å². The first-order chi connectivity index (χ1) is 8.04. The summed E-state index contributed by atoms with van der Waals surface area (Å²) in [6, 6.07) is 2.40. The van der Waals surface area contributed by atoms with Gasteiger partial charge < -0.3 is 15.4 Å². The van der Waals surface area contributed by atoms with E-state index in [-0.39, 0.29) is 18.9 Å². The number of rotatable bonds is 6. The number of hydrogen-bond donors (Lipinski definition) is 1. The summed E-state index contributed by atoms with van der Waals surface area (Å²) in [6.45, 7) is 1.20. The van der Waals surface area contributed by atoms with Crippen LogP contribution < -0.4 is 10.5 Å². The summed E-state index contributed by atoms with van der Waals surface area (Å²) in [5.41, 5.74) is 5.73. The molecule has 0 radical (unpaired) electrons. The summed E-state index contributed by atoms with van der Waals surface area (Å²) in [6.07, 6.45) is 0.713. The number of halogens is 2. The van der Waals surface area contributed by atoms with Crippen LogP contribution in [-0.4, -0.2) is 32.1 Å². The summed E-state index contributed by atoms with van der Waals surface area (Å²) >= 11 is 0. The van der Waals surface area contributed by atoms with Crippen molar-refractivity contribution in [1.29, 1.82) is 0 Å². The van der Waals surface area contributed by atoms with E-state index in [1.807, 2.05) is 19.0 Å². The molecule has 2 N–H and O–H groups in total. The number of nitrogens with two attached hydrogens (primary N) is 1. The lowest BCUT2D eigenvalue weighted by molar-refractivity contribution is 0.259. The zero-order chi connectivity index (χ0) is 12.8. The average Bonchev–Trinajstić information content (AvgIpc) is 2.26. The number of hydrogen-bond acceptors (Lipinski definition) is 3. The van der Waals surface area contributed by atoms with Gasteiger partial charge >= 0.3 is 0 Å². The van der Waals surface area contributed by atoms with Gasteiger partial charge in [0.1, 0.15) is 0 Å². The number of nitrogens with zero attached hydrogens (tertiary/aromatic N) is 1. The maximum absolute atomic E-state index is 13.5. The Hall–Kier alpha value is -1.20. The van der Waals surface area contributed by atoms with Gasteiger partial charge in [-0.05, 0) is 38.2 Å². The predicted octanol–water partition coefficient (Wildman–Crippen LogP) is 1.75. The van der Waals surface area contributed by atoms with Crippen LogP contribution in [0.4, 0.5) is 8.78 Å². The van der Waals surface area contributed by atoms with Crippen LogP contribution >= 0.6 is 0 Å². The molecular weight excluding hydrogens is 226 g/mol. The van der Waals surface area contributed by atoms with Crippen LogP contribution in [0.2, 0.25) is 0 Å². The Balaban J connectivity index is 2.59. The Bertz CT molecular complexity index is 347. The lowest BCUT2D eigenvalue weighted by Gasteiger charge is -2.12. The van der Waals surface area contributed by atoms with E-state index in [1.54, 1.807) is 0 Å². The van der Waals surface area contributed by atoms with Crippen LogP contribution in [0.15, 0.2) is 12.1 Å². The van der Waals surface area contributed by atoms with E-state index in [0.29, 0.717) is 12.0 Å². The van der Waals surface area contributed by atoms with Crippen molar-refractivity contribution in [2.75, 3.05) is 27.2 Å². The Labute approximate surface area is 100 Å². The van der Waals surface area contributed by atoms with E-state index in [9.17, 15) is 8.78 Å². The molecule has 0 unspecified atom stereocenters.